The number of hydrogen-bond acceptors (Lipinski definition) is 8. The Labute approximate surface area is 226 Å². The molecule has 0 fully saturated rings. The lowest BCUT2D eigenvalue weighted by atomic mass is 9.60. The van der Waals surface area contributed by atoms with Crippen LogP contribution in [0.2, 0.25) is 0 Å². The number of aliphatic hydroxyl groups is 2. The summed E-state index contributed by atoms with van der Waals surface area (Å²) in [6.45, 7) is 0.680. The molecule has 4 atom stereocenters. The van der Waals surface area contributed by atoms with Crippen molar-refractivity contribution in [2.75, 3.05) is 28.2 Å². The Morgan fingerprint density at radius 2 is 1.67 bits per heavy atom. The molecule has 9 nitrogen and oxygen atoms in total. The predicted octanol–water partition coefficient (Wildman–Crippen LogP) is 2.73. The Bertz CT molecular complexity index is 1470. The van der Waals surface area contributed by atoms with E-state index in [1.807, 2.05) is 44.4 Å². The highest BCUT2D eigenvalue weighted by Crippen LogP contribution is 2.51. The van der Waals surface area contributed by atoms with Gasteiger partial charge in [0.25, 0.3) is 5.91 Å². The molecule has 39 heavy (non-hydrogen) atoms. The van der Waals surface area contributed by atoms with Gasteiger partial charge < -0.3 is 26.0 Å². The van der Waals surface area contributed by atoms with Crippen LogP contribution in [0.4, 0.5) is 0 Å². The molecule has 0 bridgehead atoms. The number of nitrogens with zero attached hydrogens (tertiary/aromatic N) is 2. The molecule has 9 heteroatoms. The highest BCUT2D eigenvalue weighted by molar-refractivity contribution is 6.22. The summed E-state index contributed by atoms with van der Waals surface area (Å²) in [7, 11) is 7.37. The number of allylic oxidation sites excluding steroid dienone is 2. The molecule has 0 radical (unpaired) electrons. The SMILES string of the molecule is CN(C)Cc1ccccc1-c1ccc(O)c2c1CC1CC3C(C(=O)C(C(N)=O)=C(O)[C@H]3N(C)C)C(O)=C1C2=O. The lowest BCUT2D eigenvalue weighted by Crippen LogP contribution is -2.53. The average molecular weight is 532 g/mol. The number of nitrogens with two attached hydrogens (primary N) is 1. The molecule has 5 rings (SSSR count). The molecular weight excluding hydrogens is 498 g/mol. The first-order chi connectivity index (χ1) is 18.4. The third kappa shape index (κ3) is 4.13. The molecule has 0 aromatic heterocycles. The summed E-state index contributed by atoms with van der Waals surface area (Å²) in [5, 5.41) is 33.2. The summed E-state index contributed by atoms with van der Waals surface area (Å²) in [6.07, 6.45) is 0.666. The van der Waals surface area contributed by atoms with Gasteiger partial charge in [0.2, 0.25) is 0 Å². The van der Waals surface area contributed by atoms with Crippen LogP contribution < -0.4 is 5.73 Å². The number of primary amides is 1. The molecule has 3 unspecified atom stereocenters. The molecule has 204 valence electrons. The number of benzene rings is 2. The van der Waals surface area contributed by atoms with Crippen LogP contribution in [0.15, 0.2) is 59.1 Å². The first-order valence-electron chi connectivity index (χ1n) is 12.9. The van der Waals surface area contributed by atoms with E-state index < -0.39 is 58.4 Å². The molecule has 0 aliphatic heterocycles. The second-order valence-electron chi connectivity index (χ2n) is 11.2. The normalized spacial score (nSPS) is 24.7. The van der Waals surface area contributed by atoms with Crippen LogP contribution in [-0.2, 0) is 22.6 Å². The van der Waals surface area contributed by atoms with Crippen LogP contribution in [0, 0.1) is 17.8 Å². The number of hydrogen-bond donors (Lipinski definition) is 4. The Morgan fingerprint density at radius 1 is 0.974 bits per heavy atom. The molecule has 1 amide bonds. The number of phenolic OH excluding ortho intramolecular Hbond substituents is 1. The van der Waals surface area contributed by atoms with Gasteiger partial charge in [0, 0.05) is 12.1 Å². The fourth-order valence-electron chi connectivity index (χ4n) is 6.78. The summed E-state index contributed by atoms with van der Waals surface area (Å²) in [6, 6.07) is 10.5. The quantitative estimate of drug-likeness (QED) is 0.431. The maximum atomic E-state index is 13.9. The minimum atomic E-state index is -1.20. The van der Waals surface area contributed by atoms with Crippen LogP contribution in [0.5, 0.6) is 5.75 Å². The van der Waals surface area contributed by atoms with Crippen molar-refractivity contribution in [1.29, 1.82) is 0 Å². The van der Waals surface area contributed by atoms with Gasteiger partial charge in [-0.15, -0.1) is 0 Å². The van der Waals surface area contributed by atoms with Crippen molar-refractivity contribution in [3.05, 3.63) is 75.8 Å². The molecule has 0 spiro atoms. The number of carbonyl (C=O) groups excluding carboxylic acids is 3. The molecule has 0 heterocycles. The summed E-state index contributed by atoms with van der Waals surface area (Å²) in [4.78, 5) is 43.2. The van der Waals surface area contributed by atoms with Gasteiger partial charge in [0.15, 0.2) is 11.6 Å². The van der Waals surface area contributed by atoms with Gasteiger partial charge in [-0.3, -0.25) is 19.3 Å². The van der Waals surface area contributed by atoms with Gasteiger partial charge in [0.1, 0.15) is 22.8 Å². The zero-order chi connectivity index (χ0) is 28.3. The summed E-state index contributed by atoms with van der Waals surface area (Å²) < 4.78 is 0. The number of rotatable bonds is 5. The minimum absolute atomic E-state index is 0.0776. The van der Waals surface area contributed by atoms with E-state index in [0.717, 1.165) is 16.7 Å². The second kappa shape index (κ2) is 9.66. The van der Waals surface area contributed by atoms with E-state index in [-0.39, 0.29) is 16.9 Å². The van der Waals surface area contributed by atoms with Crippen LogP contribution in [0.3, 0.4) is 0 Å². The topological polar surface area (TPSA) is 144 Å². The highest BCUT2D eigenvalue weighted by atomic mass is 16.3. The molecule has 0 saturated carbocycles. The van der Waals surface area contributed by atoms with Crippen LogP contribution in [0.25, 0.3) is 11.1 Å². The average Bonchev–Trinajstić information content (AvgIpc) is 2.83. The Balaban J connectivity index is 1.68. The lowest BCUT2D eigenvalue weighted by Gasteiger charge is -2.46. The maximum absolute atomic E-state index is 13.9. The van der Waals surface area contributed by atoms with E-state index in [9.17, 15) is 29.7 Å². The van der Waals surface area contributed by atoms with E-state index in [1.165, 1.54) is 6.07 Å². The van der Waals surface area contributed by atoms with Crippen LogP contribution in [-0.4, -0.2) is 76.8 Å². The van der Waals surface area contributed by atoms with E-state index in [1.54, 1.807) is 19.0 Å². The number of aromatic hydroxyl groups is 1. The number of carbonyl (C=O) groups is 3. The number of phenols is 1. The van der Waals surface area contributed by atoms with Gasteiger partial charge >= 0.3 is 0 Å². The molecular formula is C30H33N3O6. The summed E-state index contributed by atoms with van der Waals surface area (Å²) >= 11 is 0. The van der Waals surface area contributed by atoms with Crippen molar-refractivity contribution in [2.24, 2.45) is 23.5 Å². The smallest absolute Gasteiger partial charge is 0.255 e. The van der Waals surface area contributed by atoms with Gasteiger partial charge in [0.05, 0.1) is 17.5 Å². The zero-order valence-electron chi connectivity index (χ0n) is 22.4. The summed E-state index contributed by atoms with van der Waals surface area (Å²) in [5.41, 5.74) is 8.61. The first-order valence-corrected chi connectivity index (χ1v) is 12.9. The van der Waals surface area contributed by atoms with E-state index >= 15 is 0 Å². The number of fused-ring (bicyclic) bond motifs is 3. The molecule has 2 aromatic rings. The second-order valence-corrected chi connectivity index (χ2v) is 11.2. The number of Topliss-reactive ketones (excluding diaryl/α,β-unsaturated/α-hetero) is 2. The number of amides is 1. The molecule has 5 N–H and O–H groups in total. The van der Waals surface area contributed by atoms with Gasteiger partial charge in [-0.25, -0.2) is 0 Å². The minimum Gasteiger partial charge on any atom is -0.511 e. The monoisotopic (exact) mass is 531 g/mol. The largest absolute Gasteiger partial charge is 0.511 e. The molecule has 3 aliphatic carbocycles. The third-order valence-corrected chi connectivity index (χ3v) is 8.24. The molecule has 2 aromatic carbocycles. The molecule has 0 saturated heterocycles. The van der Waals surface area contributed by atoms with E-state index in [4.69, 9.17) is 5.73 Å². The zero-order valence-corrected chi connectivity index (χ0v) is 22.4. The number of likely N-dealkylation sites (N-methyl/N-ethyl adjacent to an activating group) is 1. The van der Waals surface area contributed by atoms with Crippen LogP contribution in [0.1, 0.15) is 27.9 Å². The van der Waals surface area contributed by atoms with Crippen molar-refractivity contribution in [3.8, 4) is 16.9 Å². The van der Waals surface area contributed by atoms with Crippen molar-refractivity contribution in [1.82, 2.24) is 9.80 Å². The van der Waals surface area contributed by atoms with Gasteiger partial charge in [-0.2, -0.15) is 0 Å². The first kappa shape index (κ1) is 26.6. The van der Waals surface area contributed by atoms with E-state index in [2.05, 4.69) is 4.90 Å². The van der Waals surface area contributed by atoms with Gasteiger partial charge in [-0.05, 0) is 81.2 Å². The predicted molar refractivity (Wildman–Crippen MR) is 145 cm³/mol. The maximum Gasteiger partial charge on any atom is 0.255 e. The van der Waals surface area contributed by atoms with Crippen LogP contribution >= 0.6 is 0 Å². The fraction of sp³-hybridized carbons (Fsp3) is 0.367. The van der Waals surface area contributed by atoms with Gasteiger partial charge in [-0.1, -0.05) is 30.3 Å². The van der Waals surface area contributed by atoms with E-state index in [0.29, 0.717) is 24.9 Å². The Morgan fingerprint density at radius 3 is 2.31 bits per heavy atom. The number of ketones is 2. The highest BCUT2D eigenvalue weighted by Gasteiger charge is 2.54. The fourth-order valence-corrected chi connectivity index (χ4v) is 6.78. The third-order valence-electron chi connectivity index (χ3n) is 8.24. The van der Waals surface area contributed by atoms with Crippen molar-refractivity contribution < 1.29 is 29.7 Å². The van der Waals surface area contributed by atoms with Crippen molar-refractivity contribution in [3.63, 3.8) is 0 Å². The Hall–Kier alpha value is -3.95. The Kier molecular flexibility index (Phi) is 6.60. The summed E-state index contributed by atoms with van der Waals surface area (Å²) in [5.74, 6) is -5.65. The standard InChI is InChI=1S/C30H33N3O6/c1-32(2)13-14-7-5-6-8-16(14)17-9-10-20(34)22-18(17)11-15-12-19-23(27(36)21(15)26(22)35)28(37)24(30(31)39)29(38)25(19)33(3)4/h5-10,15,19,23,25,34,36,38H,11-13H2,1-4H3,(H2,31,39)/t15?,19?,23?,25-/m0/s1. The lowest BCUT2D eigenvalue weighted by molar-refractivity contribution is -0.127. The molecule has 3 aliphatic rings. The number of aliphatic hydroxyl groups excluding tert-OH is 2. The van der Waals surface area contributed by atoms with Crippen molar-refractivity contribution >= 4 is 17.5 Å². The van der Waals surface area contributed by atoms with Crippen molar-refractivity contribution in [2.45, 2.75) is 25.4 Å².